The van der Waals surface area contributed by atoms with E-state index in [0.717, 1.165) is 22.0 Å². The summed E-state index contributed by atoms with van der Waals surface area (Å²) >= 11 is 0. The zero-order valence-electron chi connectivity index (χ0n) is 14.3. The van der Waals surface area contributed by atoms with Crippen molar-refractivity contribution < 1.29 is 4.79 Å². The number of H-pyrrole nitrogens is 1. The first-order chi connectivity index (χ1) is 12.6. The number of rotatable bonds is 4. The van der Waals surface area contributed by atoms with Crippen LogP contribution < -0.4 is 10.9 Å². The van der Waals surface area contributed by atoms with Crippen LogP contribution in [0.4, 0.5) is 0 Å². The molecule has 6 nitrogen and oxygen atoms in total. The molecule has 4 aromatic rings. The van der Waals surface area contributed by atoms with Crippen LogP contribution in [0, 0.1) is 6.92 Å². The monoisotopic (exact) mass is 346 g/mol. The van der Waals surface area contributed by atoms with Crippen LogP contribution in [0.3, 0.4) is 0 Å². The van der Waals surface area contributed by atoms with Gasteiger partial charge in [-0.05, 0) is 24.6 Å². The SMILES string of the molecule is Cc1ccc2[nH]c3c(=O)n(CC(=O)NCc4ccccc4)cnc3c2c1. The van der Waals surface area contributed by atoms with Crippen molar-refractivity contribution in [2.45, 2.75) is 20.0 Å². The van der Waals surface area contributed by atoms with Crippen LogP contribution in [0.5, 0.6) is 0 Å². The third kappa shape index (κ3) is 2.97. The number of fused-ring (bicyclic) bond motifs is 3. The molecule has 0 saturated carbocycles. The van der Waals surface area contributed by atoms with Crippen molar-refractivity contribution in [2.75, 3.05) is 0 Å². The van der Waals surface area contributed by atoms with Gasteiger partial charge in [-0.2, -0.15) is 0 Å². The molecule has 6 heteroatoms. The van der Waals surface area contributed by atoms with E-state index in [0.29, 0.717) is 17.6 Å². The number of aromatic amines is 1. The highest BCUT2D eigenvalue weighted by atomic mass is 16.2. The van der Waals surface area contributed by atoms with E-state index in [1.807, 2.05) is 55.5 Å². The van der Waals surface area contributed by atoms with Gasteiger partial charge in [0.25, 0.3) is 5.56 Å². The molecule has 1 amide bonds. The van der Waals surface area contributed by atoms with Gasteiger partial charge >= 0.3 is 0 Å². The van der Waals surface area contributed by atoms with Crippen LogP contribution in [0.25, 0.3) is 21.9 Å². The van der Waals surface area contributed by atoms with Crippen molar-refractivity contribution in [3.05, 3.63) is 76.3 Å². The molecular weight excluding hydrogens is 328 g/mol. The van der Waals surface area contributed by atoms with Crippen LogP contribution in [-0.2, 0) is 17.9 Å². The molecule has 2 N–H and O–H groups in total. The minimum Gasteiger partial charge on any atom is -0.350 e. The van der Waals surface area contributed by atoms with Crippen molar-refractivity contribution in [3.8, 4) is 0 Å². The molecule has 0 aliphatic carbocycles. The van der Waals surface area contributed by atoms with Crippen LogP contribution in [0.15, 0.2) is 59.7 Å². The second-order valence-corrected chi connectivity index (χ2v) is 6.34. The standard InChI is InChI=1S/C20H18N4O2/c1-13-7-8-16-15(9-13)18-19(23-16)20(26)24(12-22-18)11-17(25)21-10-14-5-3-2-4-6-14/h2-9,12,23H,10-11H2,1H3,(H,21,25). The number of carbonyl (C=O) groups excluding carboxylic acids is 1. The summed E-state index contributed by atoms with van der Waals surface area (Å²) in [5.74, 6) is -0.232. The number of aromatic nitrogens is 3. The van der Waals surface area contributed by atoms with Gasteiger partial charge < -0.3 is 10.3 Å². The third-order valence-corrected chi connectivity index (χ3v) is 4.37. The van der Waals surface area contributed by atoms with E-state index in [1.165, 1.54) is 10.9 Å². The van der Waals surface area contributed by atoms with Crippen molar-refractivity contribution in [1.29, 1.82) is 0 Å². The lowest BCUT2D eigenvalue weighted by molar-refractivity contribution is -0.121. The van der Waals surface area contributed by atoms with Crippen molar-refractivity contribution in [2.24, 2.45) is 0 Å². The Hall–Kier alpha value is -3.41. The fourth-order valence-corrected chi connectivity index (χ4v) is 3.02. The zero-order valence-corrected chi connectivity index (χ0v) is 14.3. The average molecular weight is 346 g/mol. The van der Waals surface area contributed by atoms with Crippen molar-refractivity contribution >= 4 is 27.8 Å². The number of carbonyl (C=O) groups is 1. The number of hydrogen-bond acceptors (Lipinski definition) is 3. The van der Waals surface area contributed by atoms with Gasteiger partial charge in [-0.25, -0.2) is 4.98 Å². The molecule has 0 radical (unpaired) electrons. The largest absolute Gasteiger partial charge is 0.350 e. The van der Waals surface area contributed by atoms with E-state index in [1.54, 1.807) is 0 Å². The minimum atomic E-state index is -0.251. The molecular formula is C20H18N4O2. The Labute approximate surface area is 149 Å². The van der Waals surface area contributed by atoms with Gasteiger partial charge in [0, 0.05) is 17.4 Å². The highest BCUT2D eigenvalue weighted by Crippen LogP contribution is 2.22. The molecule has 0 spiro atoms. The highest BCUT2D eigenvalue weighted by molar-refractivity contribution is 6.04. The van der Waals surface area contributed by atoms with Gasteiger partial charge in [0.15, 0.2) is 0 Å². The average Bonchev–Trinajstić information content (AvgIpc) is 3.02. The van der Waals surface area contributed by atoms with Crippen molar-refractivity contribution in [3.63, 3.8) is 0 Å². The van der Waals surface area contributed by atoms with Gasteiger partial charge in [-0.3, -0.25) is 14.2 Å². The number of aryl methyl sites for hydroxylation is 1. The summed E-state index contributed by atoms with van der Waals surface area (Å²) in [5.41, 5.74) is 3.77. The van der Waals surface area contributed by atoms with E-state index in [2.05, 4.69) is 15.3 Å². The molecule has 0 aliphatic rings. The Balaban J connectivity index is 1.59. The molecule has 0 bridgehead atoms. The van der Waals surface area contributed by atoms with Gasteiger partial charge in [-0.1, -0.05) is 42.0 Å². The molecule has 0 saturated heterocycles. The van der Waals surface area contributed by atoms with Gasteiger partial charge in [-0.15, -0.1) is 0 Å². The molecule has 0 atom stereocenters. The van der Waals surface area contributed by atoms with Crippen LogP contribution in [-0.4, -0.2) is 20.4 Å². The fourth-order valence-electron chi connectivity index (χ4n) is 3.02. The quantitative estimate of drug-likeness (QED) is 0.596. The number of amides is 1. The van der Waals surface area contributed by atoms with Crippen LogP contribution >= 0.6 is 0 Å². The summed E-state index contributed by atoms with van der Waals surface area (Å²) in [6.45, 7) is 2.36. The first kappa shape index (κ1) is 16.1. The van der Waals surface area contributed by atoms with Gasteiger partial charge in [0.1, 0.15) is 17.6 Å². The Kier molecular flexibility index (Phi) is 4.01. The predicted octanol–water partition coefficient (Wildman–Crippen LogP) is 2.50. The normalized spacial score (nSPS) is 11.1. The molecule has 26 heavy (non-hydrogen) atoms. The summed E-state index contributed by atoms with van der Waals surface area (Å²) < 4.78 is 1.32. The summed E-state index contributed by atoms with van der Waals surface area (Å²) in [6, 6.07) is 15.5. The first-order valence-electron chi connectivity index (χ1n) is 8.40. The van der Waals surface area contributed by atoms with E-state index in [4.69, 9.17) is 0 Å². The maximum Gasteiger partial charge on any atom is 0.278 e. The molecule has 2 aromatic carbocycles. The summed E-state index contributed by atoms with van der Waals surface area (Å²) in [7, 11) is 0. The lowest BCUT2D eigenvalue weighted by atomic mass is 10.2. The number of nitrogens with one attached hydrogen (secondary N) is 2. The van der Waals surface area contributed by atoms with E-state index in [9.17, 15) is 9.59 Å². The van der Waals surface area contributed by atoms with E-state index < -0.39 is 0 Å². The smallest absolute Gasteiger partial charge is 0.278 e. The lowest BCUT2D eigenvalue weighted by Crippen LogP contribution is -2.32. The Morgan fingerprint density at radius 3 is 2.81 bits per heavy atom. The lowest BCUT2D eigenvalue weighted by Gasteiger charge is -2.07. The molecule has 130 valence electrons. The summed E-state index contributed by atoms with van der Waals surface area (Å²) in [5, 5.41) is 3.73. The molecule has 0 unspecified atom stereocenters. The topological polar surface area (TPSA) is 79.8 Å². The summed E-state index contributed by atoms with van der Waals surface area (Å²) in [6.07, 6.45) is 1.43. The van der Waals surface area contributed by atoms with Gasteiger partial charge in [0.2, 0.25) is 5.91 Å². The Morgan fingerprint density at radius 1 is 1.19 bits per heavy atom. The van der Waals surface area contributed by atoms with Crippen LogP contribution in [0.1, 0.15) is 11.1 Å². The van der Waals surface area contributed by atoms with Gasteiger partial charge in [0.05, 0.1) is 6.33 Å². The number of hydrogen-bond donors (Lipinski definition) is 2. The third-order valence-electron chi connectivity index (χ3n) is 4.37. The fraction of sp³-hybridized carbons (Fsp3) is 0.150. The minimum absolute atomic E-state index is 0.0665. The highest BCUT2D eigenvalue weighted by Gasteiger charge is 2.12. The maximum atomic E-state index is 12.7. The van der Waals surface area contributed by atoms with E-state index in [-0.39, 0.29) is 18.0 Å². The van der Waals surface area contributed by atoms with Crippen molar-refractivity contribution in [1.82, 2.24) is 19.9 Å². The maximum absolute atomic E-state index is 12.7. The molecule has 0 fully saturated rings. The van der Waals surface area contributed by atoms with E-state index >= 15 is 0 Å². The summed E-state index contributed by atoms with van der Waals surface area (Å²) in [4.78, 5) is 32.4. The molecule has 2 aromatic heterocycles. The van der Waals surface area contributed by atoms with Crippen LogP contribution in [0.2, 0.25) is 0 Å². The zero-order chi connectivity index (χ0) is 18.1. The Bertz CT molecular complexity index is 1160. The molecule has 4 rings (SSSR count). The Morgan fingerprint density at radius 2 is 2.00 bits per heavy atom. The number of nitrogens with zero attached hydrogens (tertiary/aromatic N) is 2. The second-order valence-electron chi connectivity index (χ2n) is 6.34. The molecule has 0 aliphatic heterocycles. The second kappa shape index (κ2) is 6.48. The first-order valence-corrected chi connectivity index (χ1v) is 8.40. The molecule has 2 heterocycles. The number of benzene rings is 2. The predicted molar refractivity (Wildman–Crippen MR) is 101 cm³/mol.